The van der Waals surface area contributed by atoms with Gasteiger partial charge in [-0.05, 0) is 18.2 Å². The quantitative estimate of drug-likeness (QED) is 0.792. The lowest BCUT2D eigenvalue weighted by Crippen LogP contribution is -3.16. The van der Waals surface area contributed by atoms with Gasteiger partial charge in [0, 0.05) is 38.6 Å². The number of hydrogen-bond acceptors (Lipinski definition) is 5. The van der Waals surface area contributed by atoms with Gasteiger partial charge in [0.15, 0.2) is 6.54 Å². The van der Waals surface area contributed by atoms with E-state index in [4.69, 9.17) is 11.6 Å². The van der Waals surface area contributed by atoms with Gasteiger partial charge in [-0.2, -0.15) is 0 Å². The second-order valence-electron chi connectivity index (χ2n) is 7.28. The van der Waals surface area contributed by atoms with E-state index in [0.717, 1.165) is 69.0 Å². The molecule has 1 aromatic heterocycles. The summed E-state index contributed by atoms with van der Waals surface area (Å²) >= 11 is 6.30. The zero-order chi connectivity index (χ0) is 19.3. The molecule has 7 nitrogen and oxygen atoms in total. The Balaban J connectivity index is 1.24. The second kappa shape index (κ2) is 8.75. The number of benzene rings is 1. The Hall–Kier alpha value is -2.38. The average molecular weight is 402 g/mol. The van der Waals surface area contributed by atoms with Crippen LogP contribution in [0.2, 0.25) is 5.02 Å². The van der Waals surface area contributed by atoms with Gasteiger partial charge in [-0.25, -0.2) is 9.97 Å². The topological polar surface area (TPSA) is 57.0 Å². The highest BCUT2D eigenvalue weighted by Crippen LogP contribution is 2.25. The maximum Gasteiger partial charge on any atom is 0.277 e. The standard InChI is InChI=1S/C20H25ClN6O/c21-17-4-1-2-5-18(17)25-12-14-26(15-13-25)19(28)16-24-8-10-27(11-9-24)20-22-6-3-7-23-20/h1-7H,8-16H2/p+1. The maximum absolute atomic E-state index is 12.8. The normalized spacial score (nSPS) is 18.4. The number of nitrogens with zero attached hydrogens (tertiary/aromatic N) is 5. The van der Waals surface area contributed by atoms with Crippen molar-refractivity contribution in [1.29, 1.82) is 0 Å². The van der Waals surface area contributed by atoms with E-state index in [-0.39, 0.29) is 5.91 Å². The van der Waals surface area contributed by atoms with Crippen molar-refractivity contribution in [2.45, 2.75) is 0 Å². The molecule has 28 heavy (non-hydrogen) atoms. The van der Waals surface area contributed by atoms with Crippen LogP contribution in [0.1, 0.15) is 0 Å². The monoisotopic (exact) mass is 401 g/mol. The predicted octanol–water partition coefficient (Wildman–Crippen LogP) is 0.184. The highest BCUT2D eigenvalue weighted by atomic mass is 35.5. The van der Waals surface area contributed by atoms with Crippen LogP contribution < -0.4 is 14.7 Å². The van der Waals surface area contributed by atoms with Crippen LogP contribution in [0.4, 0.5) is 11.6 Å². The molecule has 2 aromatic rings. The van der Waals surface area contributed by atoms with Crippen LogP contribution >= 0.6 is 11.6 Å². The van der Waals surface area contributed by atoms with E-state index in [9.17, 15) is 4.79 Å². The molecule has 1 aromatic carbocycles. The molecule has 2 saturated heterocycles. The van der Waals surface area contributed by atoms with Crippen LogP contribution in [0, 0.1) is 0 Å². The minimum Gasteiger partial charge on any atom is -0.367 e. The first kappa shape index (κ1) is 19.0. The number of aromatic nitrogens is 2. The lowest BCUT2D eigenvalue weighted by Gasteiger charge is -2.37. The van der Waals surface area contributed by atoms with Crippen molar-refractivity contribution in [2.24, 2.45) is 0 Å². The highest BCUT2D eigenvalue weighted by Gasteiger charge is 2.28. The Morgan fingerprint density at radius 3 is 2.29 bits per heavy atom. The van der Waals surface area contributed by atoms with E-state index in [2.05, 4.69) is 19.8 Å². The Labute approximate surface area is 170 Å². The molecule has 0 aliphatic carbocycles. The van der Waals surface area contributed by atoms with Crippen LogP contribution in [0.25, 0.3) is 0 Å². The smallest absolute Gasteiger partial charge is 0.277 e. The summed E-state index contributed by atoms with van der Waals surface area (Å²) in [5, 5.41) is 0.770. The van der Waals surface area contributed by atoms with Crippen molar-refractivity contribution in [2.75, 3.05) is 68.7 Å². The molecular formula is C20H26ClN6O+. The van der Waals surface area contributed by atoms with Crippen molar-refractivity contribution >= 4 is 29.1 Å². The summed E-state index contributed by atoms with van der Waals surface area (Å²) in [5.74, 6) is 1.03. The lowest BCUT2D eigenvalue weighted by atomic mass is 10.2. The number of amides is 1. The number of halogens is 1. The van der Waals surface area contributed by atoms with Gasteiger partial charge in [0.05, 0.1) is 36.9 Å². The van der Waals surface area contributed by atoms with Crippen LogP contribution in [0.5, 0.6) is 0 Å². The van der Waals surface area contributed by atoms with Gasteiger partial charge in [-0.15, -0.1) is 0 Å². The van der Waals surface area contributed by atoms with E-state index in [1.165, 1.54) is 4.90 Å². The van der Waals surface area contributed by atoms with Crippen molar-refractivity contribution < 1.29 is 9.69 Å². The summed E-state index contributed by atoms with van der Waals surface area (Å²) in [6.45, 7) is 7.35. The molecule has 4 rings (SSSR count). The number of quaternary nitrogens is 1. The van der Waals surface area contributed by atoms with Gasteiger partial charge in [0.2, 0.25) is 5.95 Å². The summed E-state index contributed by atoms with van der Waals surface area (Å²) in [5.41, 5.74) is 1.06. The molecule has 1 amide bonds. The maximum atomic E-state index is 12.8. The van der Waals surface area contributed by atoms with Gasteiger partial charge in [-0.1, -0.05) is 23.7 Å². The fraction of sp³-hybridized carbons (Fsp3) is 0.450. The fourth-order valence-corrected chi connectivity index (χ4v) is 4.14. The molecule has 2 fully saturated rings. The Morgan fingerprint density at radius 2 is 1.61 bits per heavy atom. The van der Waals surface area contributed by atoms with Gasteiger partial charge in [-0.3, -0.25) is 4.79 Å². The van der Waals surface area contributed by atoms with Crippen LogP contribution in [0.3, 0.4) is 0 Å². The molecule has 2 aliphatic heterocycles. The Morgan fingerprint density at radius 1 is 0.929 bits per heavy atom. The van der Waals surface area contributed by atoms with Crippen LogP contribution in [-0.4, -0.2) is 79.7 Å². The molecule has 148 valence electrons. The Kier molecular flexibility index (Phi) is 5.92. The minimum atomic E-state index is 0.248. The largest absolute Gasteiger partial charge is 0.367 e. The molecule has 1 N–H and O–H groups in total. The Bertz CT molecular complexity index is 788. The third-order valence-corrected chi connectivity index (χ3v) is 5.85. The minimum absolute atomic E-state index is 0.248. The van der Waals surface area contributed by atoms with Crippen LogP contribution in [0.15, 0.2) is 42.7 Å². The lowest BCUT2D eigenvalue weighted by molar-refractivity contribution is -0.892. The molecule has 0 atom stereocenters. The second-order valence-corrected chi connectivity index (χ2v) is 7.69. The zero-order valence-corrected chi connectivity index (χ0v) is 16.7. The molecule has 0 radical (unpaired) electrons. The molecule has 0 saturated carbocycles. The predicted molar refractivity (Wildman–Crippen MR) is 110 cm³/mol. The number of rotatable bonds is 4. The molecule has 0 spiro atoms. The van der Waals surface area contributed by atoms with Gasteiger partial charge in [0.25, 0.3) is 5.91 Å². The number of piperazine rings is 2. The van der Waals surface area contributed by atoms with E-state index < -0.39 is 0 Å². The highest BCUT2D eigenvalue weighted by molar-refractivity contribution is 6.33. The first-order chi connectivity index (χ1) is 13.7. The van der Waals surface area contributed by atoms with E-state index in [1.807, 2.05) is 35.2 Å². The van der Waals surface area contributed by atoms with E-state index >= 15 is 0 Å². The van der Waals surface area contributed by atoms with Gasteiger partial charge >= 0.3 is 0 Å². The number of para-hydroxylation sites is 1. The average Bonchev–Trinajstić information content (AvgIpc) is 2.75. The summed E-state index contributed by atoms with van der Waals surface area (Å²) in [6, 6.07) is 9.73. The first-order valence-corrected chi connectivity index (χ1v) is 10.2. The SMILES string of the molecule is O=C(C[NH+]1CCN(c2ncccn2)CC1)N1CCN(c2ccccc2Cl)CC1. The fourth-order valence-electron chi connectivity index (χ4n) is 3.88. The molecule has 0 unspecified atom stereocenters. The van der Waals surface area contributed by atoms with Crippen LogP contribution in [-0.2, 0) is 4.79 Å². The summed E-state index contributed by atoms with van der Waals surface area (Å²) in [7, 11) is 0. The van der Waals surface area contributed by atoms with Crippen molar-refractivity contribution in [3.05, 3.63) is 47.7 Å². The number of nitrogens with one attached hydrogen (secondary N) is 1. The number of hydrogen-bond donors (Lipinski definition) is 1. The molecule has 3 heterocycles. The number of anilines is 2. The van der Waals surface area contributed by atoms with E-state index in [0.29, 0.717) is 6.54 Å². The van der Waals surface area contributed by atoms with Crippen molar-refractivity contribution in [3.63, 3.8) is 0 Å². The third-order valence-electron chi connectivity index (χ3n) is 5.53. The van der Waals surface area contributed by atoms with Crippen molar-refractivity contribution in [1.82, 2.24) is 14.9 Å². The molecule has 8 heteroatoms. The van der Waals surface area contributed by atoms with Crippen molar-refractivity contribution in [3.8, 4) is 0 Å². The van der Waals surface area contributed by atoms with E-state index in [1.54, 1.807) is 12.4 Å². The molecule has 2 aliphatic rings. The molecular weight excluding hydrogens is 376 g/mol. The first-order valence-electron chi connectivity index (χ1n) is 9.83. The summed E-state index contributed by atoms with van der Waals surface area (Å²) < 4.78 is 0. The number of carbonyl (C=O) groups is 1. The van der Waals surface area contributed by atoms with Gasteiger partial charge in [0.1, 0.15) is 0 Å². The zero-order valence-electron chi connectivity index (χ0n) is 15.9. The number of carbonyl (C=O) groups excluding carboxylic acids is 1. The van der Waals surface area contributed by atoms with Gasteiger partial charge < -0.3 is 19.6 Å². The third kappa shape index (κ3) is 4.36. The summed E-state index contributed by atoms with van der Waals surface area (Å²) in [6.07, 6.45) is 3.54. The summed E-state index contributed by atoms with van der Waals surface area (Å²) in [4.78, 5) is 29.2. The molecule has 0 bridgehead atoms.